The highest BCUT2D eigenvalue weighted by molar-refractivity contribution is 6.30. The molecule has 0 saturated heterocycles. The number of benzene rings is 2. The number of aliphatic imine (C=N–C) groups is 1. The molecule has 1 spiro atoms. The van der Waals surface area contributed by atoms with Gasteiger partial charge in [0.15, 0.2) is 11.5 Å². The van der Waals surface area contributed by atoms with Crippen LogP contribution in [0, 0.1) is 11.2 Å². The molecule has 2 N–H and O–H groups in total. The molecule has 2 aliphatic heterocycles. The van der Waals surface area contributed by atoms with Gasteiger partial charge in [0.2, 0.25) is 0 Å². The van der Waals surface area contributed by atoms with Gasteiger partial charge in [-0.25, -0.2) is 9.38 Å². The lowest BCUT2D eigenvalue weighted by atomic mass is 9.74. The predicted octanol–water partition coefficient (Wildman–Crippen LogP) is 4.33. The van der Waals surface area contributed by atoms with E-state index in [1.54, 1.807) is 19.2 Å². The lowest BCUT2D eigenvalue weighted by Gasteiger charge is -2.42. The number of guanidine groups is 1. The van der Waals surface area contributed by atoms with Gasteiger partial charge >= 0.3 is 0 Å². The quantitative estimate of drug-likeness (QED) is 0.753. The van der Waals surface area contributed by atoms with Gasteiger partial charge in [0.1, 0.15) is 17.7 Å². The van der Waals surface area contributed by atoms with Crippen LogP contribution in [0.1, 0.15) is 32.8 Å². The molecule has 0 radical (unpaired) electrons. The first-order valence-corrected chi connectivity index (χ1v) is 9.80. The molecule has 2 aromatic rings. The normalized spacial score (nSPS) is 23.8. The Balaban J connectivity index is 1.91. The Morgan fingerprint density at radius 1 is 1.24 bits per heavy atom. The number of carbonyl (C=O) groups is 1. The van der Waals surface area contributed by atoms with Crippen molar-refractivity contribution in [1.29, 1.82) is 0 Å². The molecule has 2 heterocycles. The van der Waals surface area contributed by atoms with Crippen molar-refractivity contribution in [2.45, 2.75) is 38.8 Å². The Morgan fingerprint density at radius 2 is 1.97 bits per heavy atom. The average Bonchev–Trinajstić information content (AvgIpc) is 2.84. The van der Waals surface area contributed by atoms with Crippen LogP contribution < -0.4 is 10.5 Å². The molecule has 1 amide bonds. The van der Waals surface area contributed by atoms with Crippen molar-refractivity contribution in [3.63, 3.8) is 0 Å². The minimum atomic E-state index is -1.16. The molecular weight excluding hydrogens is 393 g/mol. The molecule has 2 aromatic carbocycles. The van der Waals surface area contributed by atoms with E-state index in [0.717, 1.165) is 5.56 Å². The van der Waals surface area contributed by atoms with E-state index < -0.39 is 11.4 Å². The highest BCUT2D eigenvalue weighted by Crippen LogP contribution is 2.49. The van der Waals surface area contributed by atoms with Crippen LogP contribution in [-0.4, -0.2) is 29.9 Å². The smallest absolute Gasteiger partial charge is 0.261 e. The third-order valence-electron chi connectivity index (χ3n) is 5.64. The fourth-order valence-electron chi connectivity index (χ4n) is 3.92. The van der Waals surface area contributed by atoms with Crippen LogP contribution in [0.5, 0.6) is 5.75 Å². The molecule has 0 saturated carbocycles. The number of halogens is 2. The monoisotopic (exact) mass is 415 g/mol. The summed E-state index contributed by atoms with van der Waals surface area (Å²) in [6, 6.07) is 9.80. The summed E-state index contributed by atoms with van der Waals surface area (Å²) < 4.78 is 20.1. The third kappa shape index (κ3) is 3.15. The number of fused-ring (bicyclic) bond motifs is 2. The minimum absolute atomic E-state index is 0.176. The van der Waals surface area contributed by atoms with E-state index >= 15 is 0 Å². The largest absolute Gasteiger partial charge is 0.489 e. The molecule has 5 nitrogen and oxygen atoms in total. The zero-order valence-electron chi connectivity index (χ0n) is 16.8. The van der Waals surface area contributed by atoms with Gasteiger partial charge in [-0.3, -0.25) is 9.69 Å². The zero-order valence-corrected chi connectivity index (χ0v) is 17.5. The number of hydrogen-bond acceptors (Lipinski definition) is 4. The fourth-order valence-corrected chi connectivity index (χ4v) is 4.14. The van der Waals surface area contributed by atoms with Gasteiger partial charge in [-0.2, -0.15) is 0 Å². The second-order valence-electron chi connectivity index (χ2n) is 8.74. The summed E-state index contributed by atoms with van der Waals surface area (Å²) in [4.78, 5) is 19.3. The molecule has 2 atom stereocenters. The van der Waals surface area contributed by atoms with E-state index in [-0.39, 0.29) is 23.4 Å². The molecule has 29 heavy (non-hydrogen) atoms. The Bertz CT molecular complexity index is 1030. The average molecular weight is 416 g/mol. The Morgan fingerprint density at radius 3 is 2.55 bits per heavy atom. The van der Waals surface area contributed by atoms with E-state index in [9.17, 15) is 9.18 Å². The van der Waals surface area contributed by atoms with Gasteiger partial charge < -0.3 is 10.5 Å². The second-order valence-corrected chi connectivity index (χ2v) is 9.18. The van der Waals surface area contributed by atoms with E-state index in [1.165, 1.54) is 17.0 Å². The van der Waals surface area contributed by atoms with Crippen LogP contribution in [0.25, 0.3) is 11.1 Å². The van der Waals surface area contributed by atoms with Crippen molar-refractivity contribution in [3.05, 3.63) is 52.8 Å². The summed E-state index contributed by atoms with van der Waals surface area (Å²) in [5.41, 5.74) is 6.63. The fraction of sp³-hybridized carbons (Fsp3) is 0.364. The molecule has 4 rings (SSSR count). The molecule has 2 aliphatic rings. The molecule has 1 unspecified atom stereocenters. The van der Waals surface area contributed by atoms with Gasteiger partial charge in [-0.15, -0.1) is 0 Å². The molecule has 0 aliphatic carbocycles. The molecule has 7 heteroatoms. The number of amides is 1. The number of carbonyl (C=O) groups excluding carboxylic acids is 1. The number of hydrogen-bond donors (Lipinski definition) is 1. The number of nitrogens with zero attached hydrogens (tertiary/aromatic N) is 2. The number of likely N-dealkylation sites (N-methyl/N-ethyl adjacent to an activating group) is 1. The predicted molar refractivity (Wildman–Crippen MR) is 111 cm³/mol. The van der Waals surface area contributed by atoms with Gasteiger partial charge in [-0.1, -0.05) is 38.4 Å². The summed E-state index contributed by atoms with van der Waals surface area (Å²) in [6.45, 7) is 6.20. The summed E-state index contributed by atoms with van der Waals surface area (Å²) in [6.07, 6.45) is 0.150. The number of rotatable bonds is 1. The maximum Gasteiger partial charge on any atom is 0.261 e. The Labute approximate surface area is 174 Å². The van der Waals surface area contributed by atoms with Crippen molar-refractivity contribution >= 4 is 23.5 Å². The summed E-state index contributed by atoms with van der Waals surface area (Å²) in [7, 11) is 1.62. The molecule has 152 valence electrons. The highest BCUT2D eigenvalue weighted by atomic mass is 35.5. The van der Waals surface area contributed by atoms with Gasteiger partial charge in [0.25, 0.3) is 5.91 Å². The lowest BCUT2D eigenvalue weighted by Crippen LogP contribution is -2.48. The van der Waals surface area contributed by atoms with Crippen molar-refractivity contribution in [1.82, 2.24) is 4.90 Å². The van der Waals surface area contributed by atoms with Crippen LogP contribution in [0.15, 0.2) is 41.4 Å². The number of nitrogens with two attached hydrogens (primary N) is 1. The lowest BCUT2D eigenvalue weighted by molar-refractivity contribution is -0.133. The first kappa shape index (κ1) is 19.7. The van der Waals surface area contributed by atoms with Crippen molar-refractivity contribution in [2.75, 3.05) is 7.05 Å². The van der Waals surface area contributed by atoms with Crippen LogP contribution in [0.2, 0.25) is 5.02 Å². The Kier molecular flexibility index (Phi) is 4.39. The summed E-state index contributed by atoms with van der Waals surface area (Å²) in [5.74, 6) is 0.142. The van der Waals surface area contributed by atoms with E-state index in [0.29, 0.717) is 28.3 Å². The molecule has 0 bridgehead atoms. The van der Waals surface area contributed by atoms with E-state index in [1.807, 2.05) is 12.1 Å². The molecule has 0 fully saturated rings. The van der Waals surface area contributed by atoms with Crippen molar-refractivity contribution < 1.29 is 13.9 Å². The van der Waals surface area contributed by atoms with Crippen molar-refractivity contribution in [3.8, 4) is 16.9 Å². The first-order chi connectivity index (χ1) is 13.5. The van der Waals surface area contributed by atoms with Gasteiger partial charge in [0.05, 0.1) is 0 Å². The van der Waals surface area contributed by atoms with Crippen LogP contribution >= 0.6 is 11.6 Å². The first-order valence-electron chi connectivity index (χ1n) is 9.42. The third-order valence-corrected chi connectivity index (χ3v) is 5.86. The summed E-state index contributed by atoms with van der Waals surface area (Å²) in [5, 5.41) is 0.301. The highest BCUT2D eigenvalue weighted by Gasteiger charge is 2.55. The maximum absolute atomic E-state index is 13.9. The Hall–Kier alpha value is -2.60. The number of ether oxygens (including phenoxy) is 1. The minimum Gasteiger partial charge on any atom is -0.489 e. The maximum atomic E-state index is 13.9. The molecular formula is C22H23ClFN3O2. The van der Waals surface area contributed by atoms with E-state index in [4.69, 9.17) is 22.1 Å². The van der Waals surface area contributed by atoms with Crippen LogP contribution in [0.3, 0.4) is 0 Å². The van der Waals surface area contributed by atoms with Crippen LogP contribution in [0.4, 0.5) is 4.39 Å². The van der Waals surface area contributed by atoms with Crippen molar-refractivity contribution in [2.24, 2.45) is 16.1 Å². The van der Waals surface area contributed by atoms with Gasteiger partial charge in [0, 0.05) is 24.1 Å². The second kappa shape index (κ2) is 6.46. The molecule has 0 aromatic heterocycles. The van der Waals surface area contributed by atoms with Gasteiger partial charge in [-0.05, 0) is 46.9 Å². The van der Waals surface area contributed by atoms with Crippen LogP contribution in [-0.2, 0) is 10.3 Å². The standard InChI is InChI=1S/C22H23ClFN3O2/c1-21(2,3)18-11-22(19(28)27(4)20(25)26-22)16-9-12(5-6-17(16)29-18)13-7-14(23)10-15(24)8-13/h5-10,18H,11H2,1-4H3,(H2,25,26)/t18?,22-/m0/s1. The zero-order chi connectivity index (χ0) is 21.1. The summed E-state index contributed by atoms with van der Waals surface area (Å²) >= 11 is 6.03. The topological polar surface area (TPSA) is 67.9 Å². The SMILES string of the molecule is CN1C(=O)[C@@]2(CC(C(C)(C)C)Oc3ccc(-c4cc(F)cc(Cl)c4)cc32)N=C1N. The van der Waals surface area contributed by atoms with E-state index in [2.05, 4.69) is 25.8 Å².